The van der Waals surface area contributed by atoms with Gasteiger partial charge in [-0.2, -0.15) is 0 Å². The highest BCUT2D eigenvalue weighted by Gasteiger charge is 2.09. The summed E-state index contributed by atoms with van der Waals surface area (Å²) in [7, 11) is 0. The van der Waals surface area contributed by atoms with Gasteiger partial charge in [-0.1, -0.05) is 30.3 Å². The zero-order valence-corrected chi connectivity index (χ0v) is 11.2. The number of aromatic nitrogens is 1. The van der Waals surface area contributed by atoms with Crippen molar-refractivity contribution in [3.8, 4) is 11.6 Å². The van der Waals surface area contributed by atoms with Crippen molar-refractivity contribution in [3.63, 3.8) is 0 Å². The first-order chi connectivity index (χ1) is 10.3. The first kappa shape index (κ1) is 13.3. The molecule has 3 rings (SSSR count). The number of para-hydroxylation sites is 1. The minimum atomic E-state index is -0.0666. The van der Waals surface area contributed by atoms with Crippen LogP contribution in [0.4, 0.5) is 0 Å². The fourth-order valence-corrected chi connectivity index (χ4v) is 2.10. The molecule has 4 nitrogen and oxygen atoms in total. The summed E-state index contributed by atoms with van der Waals surface area (Å²) >= 11 is 0. The van der Waals surface area contributed by atoms with Crippen LogP contribution in [-0.2, 0) is 6.61 Å². The molecule has 3 aromatic rings. The number of aliphatic hydroxyl groups excluding tert-OH is 1. The molecule has 0 bridgehead atoms. The van der Waals surface area contributed by atoms with Crippen LogP contribution in [0, 0.1) is 0 Å². The second kappa shape index (κ2) is 5.73. The average Bonchev–Trinajstić information content (AvgIpc) is 2.54. The molecule has 0 atom stereocenters. The molecule has 0 radical (unpaired) electrons. The molecule has 1 heterocycles. The molecule has 0 saturated carbocycles. The van der Waals surface area contributed by atoms with E-state index in [2.05, 4.69) is 4.98 Å². The largest absolute Gasteiger partial charge is 0.438 e. The maximum Gasteiger partial charge on any atom is 0.230 e. The molecule has 1 N–H and O–H groups in total. The van der Waals surface area contributed by atoms with Gasteiger partial charge in [0.2, 0.25) is 5.88 Å². The molecule has 0 amide bonds. The van der Waals surface area contributed by atoms with Crippen LogP contribution >= 0.6 is 0 Å². The summed E-state index contributed by atoms with van der Waals surface area (Å²) in [6.07, 6.45) is 0.727. The Labute approximate surface area is 121 Å². The van der Waals surface area contributed by atoms with Gasteiger partial charge in [-0.25, -0.2) is 4.98 Å². The molecule has 0 aliphatic heterocycles. The highest BCUT2D eigenvalue weighted by Crippen LogP contribution is 2.26. The Balaban J connectivity index is 2.04. The second-order valence-electron chi connectivity index (χ2n) is 4.60. The number of carbonyl (C=O) groups excluding carboxylic acids is 1. The minimum Gasteiger partial charge on any atom is -0.438 e. The third-order valence-electron chi connectivity index (χ3n) is 3.14. The molecule has 0 aliphatic rings. The molecule has 0 unspecified atom stereocenters. The molecule has 21 heavy (non-hydrogen) atoms. The Morgan fingerprint density at radius 3 is 2.76 bits per heavy atom. The Morgan fingerprint density at radius 1 is 1.10 bits per heavy atom. The standard InChI is InChI=1S/C17H13NO3/c19-10-12-4-3-6-15(8-12)21-17-14(11-20)9-13-5-1-2-7-16(13)18-17/h1-9,11,19H,10H2. The number of hydrogen-bond donors (Lipinski definition) is 1. The summed E-state index contributed by atoms with van der Waals surface area (Å²) in [6, 6.07) is 16.3. The van der Waals surface area contributed by atoms with Gasteiger partial charge in [-0.15, -0.1) is 0 Å². The summed E-state index contributed by atoms with van der Waals surface area (Å²) in [5, 5.41) is 10.0. The maximum absolute atomic E-state index is 11.2. The van der Waals surface area contributed by atoms with Crippen LogP contribution < -0.4 is 4.74 Å². The van der Waals surface area contributed by atoms with Gasteiger partial charge in [0.25, 0.3) is 0 Å². The number of aldehydes is 1. The van der Waals surface area contributed by atoms with Gasteiger partial charge in [-0.05, 0) is 29.8 Å². The van der Waals surface area contributed by atoms with E-state index < -0.39 is 0 Å². The van der Waals surface area contributed by atoms with E-state index in [0.29, 0.717) is 11.3 Å². The predicted molar refractivity (Wildman–Crippen MR) is 79.6 cm³/mol. The predicted octanol–water partition coefficient (Wildman–Crippen LogP) is 3.33. The summed E-state index contributed by atoms with van der Waals surface area (Å²) in [6.45, 7) is -0.0666. The smallest absolute Gasteiger partial charge is 0.230 e. The van der Waals surface area contributed by atoms with Gasteiger partial charge >= 0.3 is 0 Å². The van der Waals surface area contributed by atoms with Crippen molar-refractivity contribution in [2.24, 2.45) is 0 Å². The van der Waals surface area contributed by atoms with Gasteiger partial charge in [0.1, 0.15) is 5.75 Å². The van der Waals surface area contributed by atoms with E-state index >= 15 is 0 Å². The van der Waals surface area contributed by atoms with Gasteiger partial charge in [0, 0.05) is 5.39 Å². The number of pyridine rings is 1. The lowest BCUT2D eigenvalue weighted by molar-refractivity contribution is 0.112. The van der Waals surface area contributed by atoms with E-state index in [4.69, 9.17) is 9.84 Å². The summed E-state index contributed by atoms with van der Waals surface area (Å²) in [4.78, 5) is 15.6. The van der Waals surface area contributed by atoms with Crippen LogP contribution in [0.5, 0.6) is 11.6 Å². The van der Waals surface area contributed by atoms with Crippen molar-refractivity contribution in [1.29, 1.82) is 0 Å². The van der Waals surface area contributed by atoms with E-state index in [1.165, 1.54) is 0 Å². The van der Waals surface area contributed by atoms with Crippen molar-refractivity contribution in [1.82, 2.24) is 4.98 Å². The SMILES string of the molecule is O=Cc1cc2ccccc2nc1Oc1cccc(CO)c1. The summed E-state index contributed by atoms with van der Waals surface area (Å²) in [5.74, 6) is 0.797. The van der Waals surface area contributed by atoms with Crippen LogP contribution in [0.15, 0.2) is 54.6 Å². The van der Waals surface area contributed by atoms with Crippen molar-refractivity contribution >= 4 is 17.2 Å². The molecule has 104 valence electrons. The van der Waals surface area contributed by atoms with Crippen LogP contribution in [0.3, 0.4) is 0 Å². The van der Waals surface area contributed by atoms with E-state index in [9.17, 15) is 4.79 Å². The summed E-state index contributed by atoms with van der Waals surface area (Å²) < 4.78 is 5.70. The Kier molecular flexibility index (Phi) is 3.62. The van der Waals surface area contributed by atoms with Crippen LogP contribution in [0.2, 0.25) is 0 Å². The van der Waals surface area contributed by atoms with Gasteiger partial charge in [-0.3, -0.25) is 4.79 Å². The number of benzene rings is 2. The van der Waals surface area contributed by atoms with Gasteiger partial charge < -0.3 is 9.84 Å². The van der Waals surface area contributed by atoms with Crippen LogP contribution in [0.1, 0.15) is 15.9 Å². The average molecular weight is 279 g/mol. The van der Waals surface area contributed by atoms with Crippen molar-refractivity contribution in [2.75, 3.05) is 0 Å². The lowest BCUT2D eigenvalue weighted by Crippen LogP contribution is -1.95. The Hall–Kier alpha value is -2.72. The minimum absolute atomic E-state index is 0.0666. The van der Waals surface area contributed by atoms with Crippen molar-refractivity contribution in [2.45, 2.75) is 6.61 Å². The lowest BCUT2D eigenvalue weighted by atomic mass is 10.1. The number of nitrogens with zero attached hydrogens (tertiary/aromatic N) is 1. The zero-order valence-electron chi connectivity index (χ0n) is 11.2. The van der Waals surface area contributed by atoms with E-state index in [0.717, 1.165) is 22.8 Å². The van der Waals surface area contributed by atoms with Crippen LogP contribution in [-0.4, -0.2) is 16.4 Å². The number of hydrogen-bond acceptors (Lipinski definition) is 4. The van der Waals surface area contributed by atoms with E-state index in [1.807, 2.05) is 24.3 Å². The molecule has 2 aromatic carbocycles. The fraction of sp³-hybridized carbons (Fsp3) is 0.0588. The first-order valence-electron chi connectivity index (χ1n) is 6.53. The van der Waals surface area contributed by atoms with Gasteiger partial charge in [0.15, 0.2) is 6.29 Å². The van der Waals surface area contributed by atoms with E-state index in [-0.39, 0.29) is 12.5 Å². The lowest BCUT2D eigenvalue weighted by Gasteiger charge is -2.09. The Bertz CT molecular complexity index is 799. The highest BCUT2D eigenvalue weighted by molar-refractivity contribution is 5.88. The van der Waals surface area contributed by atoms with E-state index in [1.54, 1.807) is 30.3 Å². The maximum atomic E-state index is 11.2. The van der Waals surface area contributed by atoms with Gasteiger partial charge in [0.05, 0.1) is 17.7 Å². The molecule has 1 aromatic heterocycles. The molecule has 0 fully saturated rings. The zero-order chi connectivity index (χ0) is 14.7. The highest BCUT2D eigenvalue weighted by atomic mass is 16.5. The number of carbonyl (C=O) groups is 1. The summed E-state index contributed by atoms with van der Waals surface area (Å²) in [5.41, 5.74) is 1.89. The second-order valence-corrected chi connectivity index (χ2v) is 4.60. The monoisotopic (exact) mass is 279 g/mol. The van der Waals surface area contributed by atoms with Crippen molar-refractivity contribution < 1.29 is 14.6 Å². The number of rotatable bonds is 4. The molecular formula is C17H13NO3. The fourth-order valence-electron chi connectivity index (χ4n) is 2.10. The third kappa shape index (κ3) is 2.75. The molecule has 0 aliphatic carbocycles. The Morgan fingerprint density at radius 2 is 1.95 bits per heavy atom. The first-order valence-corrected chi connectivity index (χ1v) is 6.53. The molecule has 0 saturated heterocycles. The third-order valence-corrected chi connectivity index (χ3v) is 3.14. The molecule has 0 spiro atoms. The quantitative estimate of drug-likeness (QED) is 0.744. The molecule has 4 heteroatoms. The van der Waals surface area contributed by atoms with Crippen molar-refractivity contribution in [3.05, 3.63) is 65.7 Å². The topological polar surface area (TPSA) is 59.4 Å². The number of aliphatic hydroxyl groups is 1. The number of ether oxygens (including phenoxy) is 1. The normalized spacial score (nSPS) is 10.5. The number of fused-ring (bicyclic) bond motifs is 1. The van der Waals surface area contributed by atoms with Crippen LogP contribution in [0.25, 0.3) is 10.9 Å². The molecular weight excluding hydrogens is 266 g/mol.